The van der Waals surface area contributed by atoms with Crippen LogP contribution < -0.4 is 0 Å². The lowest BCUT2D eigenvalue weighted by molar-refractivity contribution is -0.144. The fourth-order valence-corrected chi connectivity index (χ4v) is 3.70. The average molecular weight is 441 g/mol. The molecule has 31 heavy (non-hydrogen) atoms. The van der Waals surface area contributed by atoms with Gasteiger partial charge < -0.3 is 9.47 Å². The van der Waals surface area contributed by atoms with Crippen LogP contribution in [0, 0.1) is 0 Å². The molecule has 4 heteroatoms. The Kier molecular flexibility index (Phi) is 24.3. The molecule has 0 atom stereocenters. The van der Waals surface area contributed by atoms with Crippen LogP contribution in [0.3, 0.4) is 0 Å². The molecule has 0 heterocycles. The van der Waals surface area contributed by atoms with Crippen LogP contribution >= 0.6 is 0 Å². The molecular weight excluding hydrogens is 388 g/mol. The molecule has 0 spiro atoms. The smallest absolute Gasteiger partial charge is 0.305 e. The molecule has 0 aromatic heterocycles. The van der Waals surface area contributed by atoms with Crippen LogP contribution in [0.5, 0.6) is 0 Å². The van der Waals surface area contributed by atoms with Crippen molar-refractivity contribution in [1.29, 1.82) is 0 Å². The summed E-state index contributed by atoms with van der Waals surface area (Å²) >= 11 is 0. The van der Waals surface area contributed by atoms with E-state index in [1.807, 2.05) is 0 Å². The predicted molar refractivity (Wildman–Crippen MR) is 130 cm³/mol. The van der Waals surface area contributed by atoms with E-state index in [4.69, 9.17) is 9.47 Å². The third-order valence-electron chi connectivity index (χ3n) is 5.78. The third-order valence-corrected chi connectivity index (χ3v) is 5.78. The molecule has 0 bridgehead atoms. The van der Waals surface area contributed by atoms with Gasteiger partial charge >= 0.3 is 11.9 Å². The van der Waals surface area contributed by atoms with Gasteiger partial charge in [-0.2, -0.15) is 0 Å². The zero-order valence-corrected chi connectivity index (χ0v) is 20.9. The van der Waals surface area contributed by atoms with E-state index in [0.29, 0.717) is 26.1 Å². The van der Waals surface area contributed by atoms with Crippen molar-refractivity contribution in [2.75, 3.05) is 13.2 Å². The molecule has 0 radical (unpaired) electrons. The second-order valence-electron chi connectivity index (χ2n) is 8.95. The molecular formula is C27H52O4. The summed E-state index contributed by atoms with van der Waals surface area (Å²) in [6, 6.07) is 0. The van der Waals surface area contributed by atoms with Gasteiger partial charge in [0, 0.05) is 12.8 Å². The highest BCUT2D eigenvalue weighted by Crippen LogP contribution is 2.11. The van der Waals surface area contributed by atoms with E-state index in [2.05, 4.69) is 13.8 Å². The second-order valence-corrected chi connectivity index (χ2v) is 8.95. The molecule has 0 aliphatic rings. The van der Waals surface area contributed by atoms with Crippen molar-refractivity contribution in [3.8, 4) is 0 Å². The van der Waals surface area contributed by atoms with Crippen molar-refractivity contribution in [1.82, 2.24) is 0 Å². The fraction of sp³-hybridized carbons (Fsp3) is 0.926. The molecule has 0 amide bonds. The lowest BCUT2D eigenvalue weighted by atomic mass is 10.1. The van der Waals surface area contributed by atoms with Gasteiger partial charge in [0.25, 0.3) is 0 Å². The summed E-state index contributed by atoms with van der Waals surface area (Å²) in [5.74, 6) is -0.196. The summed E-state index contributed by atoms with van der Waals surface area (Å²) in [7, 11) is 0. The van der Waals surface area contributed by atoms with Gasteiger partial charge in [-0.1, -0.05) is 110 Å². The molecule has 0 aliphatic carbocycles. The largest absolute Gasteiger partial charge is 0.466 e. The third kappa shape index (κ3) is 25.1. The highest BCUT2D eigenvalue weighted by Gasteiger charge is 2.05. The maximum atomic E-state index is 11.8. The van der Waals surface area contributed by atoms with Crippen LogP contribution in [-0.2, 0) is 19.1 Å². The van der Waals surface area contributed by atoms with Gasteiger partial charge in [0.1, 0.15) is 0 Å². The lowest BCUT2D eigenvalue weighted by Gasteiger charge is -2.06. The monoisotopic (exact) mass is 440 g/mol. The van der Waals surface area contributed by atoms with Crippen molar-refractivity contribution in [3.63, 3.8) is 0 Å². The van der Waals surface area contributed by atoms with E-state index in [9.17, 15) is 9.59 Å². The molecule has 0 aromatic carbocycles. The number of unbranched alkanes of at least 4 members (excludes halogenated alkanes) is 16. The number of carbonyl (C=O) groups is 2. The molecule has 0 rings (SSSR count). The topological polar surface area (TPSA) is 52.6 Å². The van der Waals surface area contributed by atoms with Crippen molar-refractivity contribution < 1.29 is 19.1 Å². The summed E-state index contributed by atoms with van der Waals surface area (Å²) in [5.41, 5.74) is 0. The van der Waals surface area contributed by atoms with Crippen molar-refractivity contribution >= 4 is 11.9 Å². The lowest BCUT2D eigenvalue weighted by Crippen LogP contribution is -2.07. The molecule has 0 aliphatic heterocycles. The first-order valence-electron chi connectivity index (χ1n) is 13.5. The molecule has 0 fully saturated rings. The number of hydrogen-bond acceptors (Lipinski definition) is 4. The SMILES string of the molecule is CCCCCCCCCCCCOC(=O)CCCCCC(=O)OCCCCCCCC. The van der Waals surface area contributed by atoms with Crippen molar-refractivity contribution in [3.05, 3.63) is 0 Å². The number of carbonyl (C=O) groups excluding carboxylic acids is 2. The second kappa shape index (κ2) is 25.2. The van der Waals surface area contributed by atoms with Crippen LogP contribution in [-0.4, -0.2) is 25.2 Å². The van der Waals surface area contributed by atoms with Gasteiger partial charge in [0.15, 0.2) is 0 Å². The first-order valence-corrected chi connectivity index (χ1v) is 13.5. The summed E-state index contributed by atoms with van der Waals surface area (Å²) in [6.45, 7) is 5.57. The van der Waals surface area contributed by atoms with Crippen LogP contribution in [0.1, 0.15) is 149 Å². The maximum absolute atomic E-state index is 11.8. The zero-order chi connectivity index (χ0) is 22.8. The van der Waals surface area contributed by atoms with Crippen molar-refractivity contribution in [2.24, 2.45) is 0 Å². The van der Waals surface area contributed by atoms with Gasteiger partial charge in [-0.25, -0.2) is 0 Å². The summed E-state index contributed by atoms with van der Waals surface area (Å²) < 4.78 is 10.6. The van der Waals surface area contributed by atoms with Crippen LogP contribution in [0.15, 0.2) is 0 Å². The predicted octanol–water partition coefficient (Wildman–Crippen LogP) is 8.30. The van der Waals surface area contributed by atoms with Crippen molar-refractivity contribution in [2.45, 2.75) is 149 Å². The zero-order valence-electron chi connectivity index (χ0n) is 20.9. The fourth-order valence-electron chi connectivity index (χ4n) is 3.70. The van der Waals surface area contributed by atoms with Gasteiger partial charge in [-0.3, -0.25) is 9.59 Å². The Balaban J connectivity index is 3.27. The minimum atomic E-state index is -0.0999. The average Bonchev–Trinajstić information content (AvgIpc) is 2.76. The van der Waals surface area contributed by atoms with Crippen LogP contribution in [0.4, 0.5) is 0 Å². The van der Waals surface area contributed by atoms with Gasteiger partial charge in [0.2, 0.25) is 0 Å². The van der Waals surface area contributed by atoms with E-state index in [1.165, 1.54) is 77.0 Å². The standard InChI is InChI=1S/C27H52O4/c1-3-5-7-9-11-12-13-14-16-21-25-31-27(29)23-19-17-18-22-26(28)30-24-20-15-10-8-6-4-2/h3-25H2,1-2H3. The van der Waals surface area contributed by atoms with E-state index in [0.717, 1.165) is 44.9 Å². The molecule has 0 saturated heterocycles. The highest BCUT2D eigenvalue weighted by atomic mass is 16.5. The quantitative estimate of drug-likeness (QED) is 0.112. The summed E-state index contributed by atoms with van der Waals surface area (Å²) in [5, 5.41) is 0. The van der Waals surface area contributed by atoms with E-state index >= 15 is 0 Å². The Morgan fingerprint density at radius 3 is 1.06 bits per heavy atom. The normalized spacial score (nSPS) is 10.9. The maximum Gasteiger partial charge on any atom is 0.305 e. The molecule has 0 aromatic rings. The van der Waals surface area contributed by atoms with E-state index < -0.39 is 0 Å². The minimum absolute atomic E-state index is 0.0958. The summed E-state index contributed by atoms with van der Waals surface area (Å²) in [4.78, 5) is 23.4. The first-order chi connectivity index (χ1) is 15.2. The molecule has 4 nitrogen and oxygen atoms in total. The molecule has 0 N–H and O–H groups in total. The molecule has 184 valence electrons. The Hall–Kier alpha value is -1.06. The van der Waals surface area contributed by atoms with E-state index in [-0.39, 0.29) is 11.9 Å². The van der Waals surface area contributed by atoms with Crippen LogP contribution in [0.2, 0.25) is 0 Å². The number of ether oxygens (including phenoxy) is 2. The van der Waals surface area contributed by atoms with E-state index in [1.54, 1.807) is 0 Å². The first kappa shape index (κ1) is 29.9. The Morgan fingerprint density at radius 2 is 0.710 bits per heavy atom. The Labute approximate surface area is 193 Å². The van der Waals surface area contributed by atoms with Gasteiger partial charge in [0.05, 0.1) is 13.2 Å². The summed E-state index contributed by atoms with van der Waals surface area (Å²) in [6.07, 6.45) is 23.4. The molecule has 0 unspecified atom stereocenters. The van der Waals surface area contributed by atoms with Gasteiger partial charge in [-0.15, -0.1) is 0 Å². The number of rotatable bonds is 24. The molecule has 0 saturated carbocycles. The van der Waals surface area contributed by atoms with Gasteiger partial charge in [-0.05, 0) is 25.7 Å². The Bertz CT molecular complexity index is 395. The van der Waals surface area contributed by atoms with Crippen LogP contribution in [0.25, 0.3) is 0 Å². The highest BCUT2D eigenvalue weighted by molar-refractivity contribution is 5.69. The number of hydrogen-bond donors (Lipinski definition) is 0. The Morgan fingerprint density at radius 1 is 0.419 bits per heavy atom. The number of esters is 2. The minimum Gasteiger partial charge on any atom is -0.466 e.